The minimum atomic E-state index is -4.29. The van der Waals surface area contributed by atoms with Gasteiger partial charge in [-0.15, -0.1) is 0 Å². The fourth-order valence-electron chi connectivity index (χ4n) is 2.77. The minimum absolute atomic E-state index is 0.00622. The van der Waals surface area contributed by atoms with E-state index in [0.29, 0.717) is 24.5 Å². The Morgan fingerprint density at radius 2 is 1.91 bits per heavy atom. The number of benzene rings is 2. The van der Waals surface area contributed by atoms with Crippen molar-refractivity contribution < 1.29 is 17.2 Å². The lowest BCUT2D eigenvalue weighted by molar-refractivity contribution is 0.570. The third-order valence-electron chi connectivity index (χ3n) is 4.35. The number of sulfonamides is 1. The molecule has 0 saturated heterocycles. The van der Waals surface area contributed by atoms with E-state index in [1.54, 1.807) is 14.1 Å². The summed E-state index contributed by atoms with van der Waals surface area (Å²) in [6.07, 6.45) is 1.27. The topological polar surface area (TPSA) is 86.4 Å². The van der Waals surface area contributed by atoms with Crippen LogP contribution in [0.15, 0.2) is 41.4 Å². The fraction of sp³-hybridized carbons (Fsp3) is 0.211. The van der Waals surface area contributed by atoms with Gasteiger partial charge < -0.3 is 15.5 Å². The zero-order chi connectivity index (χ0) is 23.5. The molecule has 3 rings (SSSR count). The van der Waals surface area contributed by atoms with Crippen molar-refractivity contribution in [1.29, 1.82) is 0 Å². The lowest BCUT2D eigenvalue weighted by Gasteiger charge is -2.23. The Kier molecular flexibility index (Phi) is 7.78. The third-order valence-corrected chi connectivity index (χ3v) is 7.17. The fourth-order valence-corrected chi connectivity index (χ4v) is 5.19. The van der Waals surface area contributed by atoms with Crippen LogP contribution in [0.1, 0.15) is 0 Å². The van der Waals surface area contributed by atoms with Gasteiger partial charge in [0.2, 0.25) is 0 Å². The molecule has 0 saturated carbocycles. The van der Waals surface area contributed by atoms with Crippen LogP contribution in [0.2, 0.25) is 9.36 Å². The number of hydrogen-bond acceptors (Lipinski definition) is 7. The van der Waals surface area contributed by atoms with Gasteiger partial charge in [-0.2, -0.15) is 0 Å². The smallest absolute Gasteiger partial charge is 0.266 e. The van der Waals surface area contributed by atoms with Crippen LogP contribution in [0, 0.1) is 11.6 Å². The van der Waals surface area contributed by atoms with Crippen molar-refractivity contribution in [2.24, 2.45) is 0 Å². The zero-order valence-corrected chi connectivity index (χ0v) is 20.1. The highest BCUT2D eigenvalue weighted by Gasteiger charge is 2.23. The Labute approximate surface area is 198 Å². The minimum Gasteiger partial charge on any atom is -0.372 e. The molecule has 0 aliphatic carbocycles. The molecule has 0 aliphatic heterocycles. The second-order valence-corrected chi connectivity index (χ2v) is 10.4. The van der Waals surface area contributed by atoms with Crippen LogP contribution in [-0.4, -0.2) is 40.6 Å². The highest BCUT2D eigenvalue weighted by atomic mass is 35.5. The monoisotopic (exact) mass is 521 g/mol. The molecule has 0 atom stereocenters. The van der Waals surface area contributed by atoms with Gasteiger partial charge in [0.25, 0.3) is 10.0 Å². The number of halogens is 4. The van der Waals surface area contributed by atoms with E-state index < -0.39 is 26.6 Å². The Bertz CT molecular complexity index is 1220. The third kappa shape index (κ3) is 5.78. The molecule has 1 heterocycles. The van der Waals surface area contributed by atoms with Crippen LogP contribution in [0.25, 0.3) is 0 Å². The lowest BCUT2D eigenvalue weighted by atomic mass is 10.2. The van der Waals surface area contributed by atoms with Gasteiger partial charge in [0, 0.05) is 26.2 Å². The summed E-state index contributed by atoms with van der Waals surface area (Å²) in [7, 11) is -0.709. The first-order chi connectivity index (χ1) is 15.1. The van der Waals surface area contributed by atoms with E-state index in [9.17, 15) is 17.2 Å². The number of likely N-dealkylation sites (N-methyl/N-ethyl adjacent to an activating group) is 2. The van der Waals surface area contributed by atoms with Gasteiger partial charge in [0.05, 0.1) is 28.3 Å². The molecule has 172 valence electrons. The van der Waals surface area contributed by atoms with Crippen molar-refractivity contribution in [1.82, 2.24) is 10.3 Å². The summed E-state index contributed by atoms with van der Waals surface area (Å²) in [6, 6.07) is 6.04. The normalized spacial score (nSPS) is 11.4. The second-order valence-electron chi connectivity index (χ2n) is 6.65. The summed E-state index contributed by atoms with van der Waals surface area (Å²) in [6.45, 7) is 1.24. The maximum Gasteiger partial charge on any atom is 0.266 e. The van der Waals surface area contributed by atoms with Crippen molar-refractivity contribution >= 4 is 66.8 Å². The Morgan fingerprint density at radius 1 is 1.16 bits per heavy atom. The lowest BCUT2D eigenvalue weighted by Crippen LogP contribution is -2.27. The first-order valence-electron chi connectivity index (χ1n) is 9.16. The number of rotatable bonds is 9. The van der Waals surface area contributed by atoms with Gasteiger partial charge in [-0.3, -0.25) is 4.72 Å². The summed E-state index contributed by atoms with van der Waals surface area (Å²) in [5.74, 6) is -1.46. The van der Waals surface area contributed by atoms with Gasteiger partial charge in [0.15, 0.2) is 5.13 Å². The molecule has 0 fully saturated rings. The van der Waals surface area contributed by atoms with Crippen LogP contribution >= 0.6 is 34.5 Å². The van der Waals surface area contributed by atoms with Crippen LogP contribution in [-0.2, 0) is 10.0 Å². The summed E-state index contributed by atoms with van der Waals surface area (Å²) in [4.78, 5) is 4.96. The molecule has 3 N–H and O–H groups in total. The SMILES string of the molecule is CNCCN(C)c1cc(F)ccc1Nc1cc(F)c(S(=O)(=O)Nc2ncc(Cl)s2)cc1Cl. The van der Waals surface area contributed by atoms with Gasteiger partial charge in [-0.05, 0) is 31.3 Å². The summed E-state index contributed by atoms with van der Waals surface area (Å²) in [5.41, 5.74) is 1.11. The van der Waals surface area contributed by atoms with Crippen LogP contribution in [0.3, 0.4) is 0 Å². The Hall–Kier alpha value is -2.18. The van der Waals surface area contributed by atoms with Crippen LogP contribution < -0.4 is 20.3 Å². The Morgan fingerprint density at radius 3 is 2.56 bits per heavy atom. The molecule has 1 aromatic heterocycles. The van der Waals surface area contributed by atoms with E-state index in [2.05, 4.69) is 20.3 Å². The van der Waals surface area contributed by atoms with E-state index in [4.69, 9.17) is 23.2 Å². The van der Waals surface area contributed by atoms with Crippen molar-refractivity contribution in [3.05, 3.63) is 57.5 Å². The number of anilines is 4. The molecule has 3 aromatic rings. The summed E-state index contributed by atoms with van der Waals surface area (Å²) >= 11 is 12.9. The number of nitrogens with one attached hydrogen (secondary N) is 3. The predicted molar refractivity (Wildman–Crippen MR) is 126 cm³/mol. The summed E-state index contributed by atoms with van der Waals surface area (Å²) in [5, 5.41) is 5.91. The van der Waals surface area contributed by atoms with E-state index in [0.717, 1.165) is 23.5 Å². The molecule has 13 heteroatoms. The van der Waals surface area contributed by atoms with Crippen LogP contribution in [0.5, 0.6) is 0 Å². The van der Waals surface area contributed by atoms with E-state index in [1.165, 1.54) is 24.4 Å². The Balaban J connectivity index is 1.91. The maximum absolute atomic E-state index is 14.8. The first-order valence-corrected chi connectivity index (χ1v) is 12.2. The van der Waals surface area contributed by atoms with Crippen molar-refractivity contribution in [2.75, 3.05) is 42.1 Å². The highest BCUT2D eigenvalue weighted by molar-refractivity contribution is 7.93. The van der Waals surface area contributed by atoms with Crippen molar-refractivity contribution in [3.63, 3.8) is 0 Å². The number of hydrogen-bond donors (Lipinski definition) is 3. The maximum atomic E-state index is 14.8. The van der Waals surface area contributed by atoms with Crippen LogP contribution in [0.4, 0.5) is 31.0 Å². The summed E-state index contributed by atoms with van der Waals surface area (Å²) < 4.78 is 56.2. The van der Waals surface area contributed by atoms with E-state index >= 15 is 0 Å². The van der Waals surface area contributed by atoms with E-state index in [-0.39, 0.29) is 20.2 Å². The molecule has 0 spiro atoms. The number of thiazole rings is 1. The molecule has 0 aliphatic rings. The standard InChI is InChI=1S/C19H19Cl2F2N5O2S2/c1-24-5-6-28(2)16-7-11(22)3-4-14(16)26-15-9-13(23)17(8-12(15)20)32(29,30)27-19-25-10-18(21)31-19/h3-4,7-10,24,26H,5-6H2,1-2H3,(H,25,27). The van der Waals surface area contributed by atoms with E-state index in [1.807, 2.05) is 4.90 Å². The predicted octanol–water partition coefficient (Wildman–Crippen LogP) is 4.93. The largest absolute Gasteiger partial charge is 0.372 e. The second kappa shape index (κ2) is 10.2. The number of nitrogens with zero attached hydrogens (tertiary/aromatic N) is 2. The average molecular weight is 522 g/mol. The zero-order valence-electron chi connectivity index (χ0n) is 16.9. The van der Waals surface area contributed by atoms with Gasteiger partial charge in [0.1, 0.15) is 20.9 Å². The highest BCUT2D eigenvalue weighted by Crippen LogP contribution is 2.35. The molecule has 32 heavy (non-hydrogen) atoms. The quantitative estimate of drug-likeness (QED) is 0.370. The molecule has 0 bridgehead atoms. The van der Waals surface area contributed by atoms with Gasteiger partial charge in [-0.1, -0.05) is 34.5 Å². The molecule has 7 nitrogen and oxygen atoms in total. The number of aromatic nitrogens is 1. The first kappa shape index (κ1) is 24.5. The van der Waals surface area contributed by atoms with Gasteiger partial charge >= 0.3 is 0 Å². The molecule has 0 amide bonds. The van der Waals surface area contributed by atoms with Gasteiger partial charge in [-0.25, -0.2) is 22.2 Å². The molecule has 2 aromatic carbocycles. The molecule has 0 unspecified atom stereocenters. The van der Waals surface area contributed by atoms with Crippen molar-refractivity contribution in [3.8, 4) is 0 Å². The average Bonchev–Trinajstić information content (AvgIpc) is 3.13. The molecular weight excluding hydrogens is 503 g/mol. The van der Waals surface area contributed by atoms with Crippen molar-refractivity contribution in [2.45, 2.75) is 4.90 Å². The molecule has 0 radical (unpaired) electrons. The molecular formula is C19H19Cl2F2N5O2S2.